The minimum atomic E-state index is -0.0842. The molecule has 2 rings (SSSR count). The van der Waals surface area contributed by atoms with Crippen LogP contribution in [-0.4, -0.2) is 6.61 Å². The number of benzene rings is 1. The molecular formula is C15H18BrNOS. The van der Waals surface area contributed by atoms with Crippen molar-refractivity contribution in [1.29, 1.82) is 0 Å². The van der Waals surface area contributed by atoms with Gasteiger partial charge in [-0.05, 0) is 51.5 Å². The third-order valence-electron chi connectivity index (χ3n) is 2.93. The van der Waals surface area contributed by atoms with Crippen LogP contribution in [0.25, 0.3) is 0 Å². The van der Waals surface area contributed by atoms with Crippen LogP contribution < -0.4 is 10.5 Å². The molecule has 1 aromatic carbocycles. The number of hydrogen-bond donors (Lipinski definition) is 1. The highest BCUT2D eigenvalue weighted by molar-refractivity contribution is 9.10. The van der Waals surface area contributed by atoms with Crippen molar-refractivity contribution in [3.63, 3.8) is 0 Å². The van der Waals surface area contributed by atoms with Crippen molar-refractivity contribution in [2.75, 3.05) is 6.61 Å². The Morgan fingerprint density at radius 1 is 1.26 bits per heavy atom. The largest absolute Gasteiger partial charge is 0.494 e. The highest BCUT2D eigenvalue weighted by Gasteiger charge is 2.13. The fourth-order valence-corrected chi connectivity index (χ4v) is 3.43. The first kappa shape index (κ1) is 14.6. The quantitative estimate of drug-likeness (QED) is 0.771. The normalized spacial score (nSPS) is 12.4. The molecule has 0 aliphatic heterocycles. The molecule has 0 fully saturated rings. The second kappa shape index (κ2) is 7.08. The molecular weight excluding hydrogens is 322 g/mol. The molecule has 0 amide bonds. The average molecular weight is 340 g/mol. The third kappa shape index (κ3) is 3.81. The molecule has 0 aliphatic carbocycles. The lowest BCUT2D eigenvalue weighted by atomic mass is 10.1. The van der Waals surface area contributed by atoms with Crippen molar-refractivity contribution in [3.05, 3.63) is 50.6 Å². The Kier molecular flexibility index (Phi) is 5.43. The monoisotopic (exact) mass is 339 g/mol. The molecule has 2 N–H and O–H groups in total. The zero-order chi connectivity index (χ0) is 13.7. The Balaban J connectivity index is 2.04. The van der Waals surface area contributed by atoms with E-state index in [1.54, 1.807) is 11.3 Å². The molecule has 0 radical (unpaired) electrons. The van der Waals surface area contributed by atoms with Crippen LogP contribution in [0.2, 0.25) is 0 Å². The second-order valence-corrected chi connectivity index (χ2v) is 6.18. The first-order valence-corrected chi connectivity index (χ1v) is 8.11. The zero-order valence-electron chi connectivity index (χ0n) is 10.9. The molecule has 4 heteroatoms. The van der Waals surface area contributed by atoms with Crippen LogP contribution in [0.4, 0.5) is 0 Å². The topological polar surface area (TPSA) is 35.2 Å². The van der Waals surface area contributed by atoms with E-state index in [0.717, 1.165) is 40.1 Å². The van der Waals surface area contributed by atoms with E-state index in [1.165, 1.54) is 0 Å². The van der Waals surface area contributed by atoms with Gasteiger partial charge in [-0.1, -0.05) is 25.5 Å². The van der Waals surface area contributed by atoms with Crippen LogP contribution in [-0.2, 0) is 0 Å². The molecule has 0 saturated heterocycles. The van der Waals surface area contributed by atoms with Crippen LogP contribution in [0.1, 0.15) is 36.2 Å². The lowest BCUT2D eigenvalue weighted by molar-refractivity contribution is 0.309. The molecule has 0 saturated carbocycles. The number of unbranched alkanes of at least 4 members (excludes halogenated alkanes) is 1. The van der Waals surface area contributed by atoms with Gasteiger partial charge in [0, 0.05) is 9.35 Å². The molecule has 1 unspecified atom stereocenters. The zero-order valence-corrected chi connectivity index (χ0v) is 13.3. The third-order valence-corrected chi connectivity index (χ3v) is 4.89. The second-order valence-electron chi connectivity index (χ2n) is 4.38. The summed E-state index contributed by atoms with van der Waals surface area (Å²) >= 11 is 5.20. The van der Waals surface area contributed by atoms with Gasteiger partial charge in [0.25, 0.3) is 0 Å². The van der Waals surface area contributed by atoms with Crippen molar-refractivity contribution >= 4 is 27.3 Å². The van der Waals surface area contributed by atoms with Crippen molar-refractivity contribution in [2.45, 2.75) is 25.8 Å². The lowest BCUT2D eigenvalue weighted by Crippen LogP contribution is -2.10. The molecule has 0 bridgehead atoms. The maximum Gasteiger partial charge on any atom is 0.119 e. The maximum absolute atomic E-state index is 6.27. The SMILES string of the molecule is CCCCOc1ccc(C(N)c2sccc2Br)cc1. The van der Waals surface area contributed by atoms with E-state index in [2.05, 4.69) is 22.9 Å². The summed E-state index contributed by atoms with van der Waals surface area (Å²) in [7, 11) is 0. The number of thiophene rings is 1. The summed E-state index contributed by atoms with van der Waals surface area (Å²) in [4.78, 5) is 1.15. The molecule has 19 heavy (non-hydrogen) atoms. The van der Waals surface area contributed by atoms with E-state index in [9.17, 15) is 0 Å². The molecule has 2 nitrogen and oxygen atoms in total. The molecule has 1 atom stereocenters. The van der Waals surface area contributed by atoms with Crippen molar-refractivity contribution < 1.29 is 4.74 Å². The Morgan fingerprint density at radius 3 is 2.58 bits per heavy atom. The van der Waals surface area contributed by atoms with E-state index in [0.29, 0.717) is 0 Å². The summed E-state index contributed by atoms with van der Waals surface area (Å²) in [6.07, 6.45) is 2.23. The molecule has 2 aromatic rings. The van der Waals surface area contributed by atoms with Gasteiger partial charge in [-0.2, -0.15) is 0 Å². The average Bonchev–Trinajstić information content (AvgIpc) is 2.85. The summed E-state index contributed by atoms with van der Waals surface area (Å²) in [6.45, 7) is 2.93. The van der Waals surface area contributed by atoms with E-state index in [-0.39, 0.29) is 6.04 Å². The predicted octanol–water partition coefficient (Wildman–Crippen LogP) is 4.74. The molecule has 1 heterocycles. The Bertz CT molecular complexity index is 509. The Labute approximate surface area is 126 Å². The number of hydrogen-bond acceptors (Lipinski definition) is 3. The standard InChI is InChI=1S/C15H18BrNOS/c1-2-3-9-18-12-6-4-11(5-7-12)14(17)15-13(16)8-10-19-15/h4-8,10,14H,2-3,9,17H2,1H3. The summed E-state index contributed by atoms with van der Waals surface area (Å²) in [5, 5.41) is 2.04. The molecule has 102 valence electrons. The van der Waals surface area contributed by atoms with Crippen molar-refractivity contribution in [2.24, 2.45) is 5.73 Å². The summed E-state index contributed by atoms with van der Waals surface area (Å²) in [6, 6.07) is 10.0. The predicted molar refractivity (Wildman–Crippen MR) is 84.9 cm³/mol. The summed E-state index contributed by atoms with van der Waals surface area (Å²) < 4.78 is 6.73. The summed E-state index contributed by atoms with van der Waals surface area (Å²) in [5.41, 5.74) is 7.38. The van der Waals surface area contributed by atoms with Gasteiger partial charge in [0.15, 0.2) is 0 Å². The first-order valence-electron chi connectivity index (χ1n) is 6.43. The van der Waals surface area contributed by atoms with Crippen molar-refractivity contribution in [3.8, 4) is 5.75 Å². The summed E-state index contributed by atoms with van der Waals surface area (Å²) in [5.74, 6) is 0.912. The minimum Gasteiger partial charge on any atom is -0.494 e. The van der Waals surface area contributed by atoms with E-state index >= 15 is 0 Å². The fraction of sp³-hybridized carbons (Fsp3) is 0.333. The number of halogens is 1. The molecule has 0 spiro atoms. The van der Waals surface area contributed by atoms with Crippen LogP contribution in [0.15, 0.2) is 40.2 Å². The van der Waals surface area contributed by atoms with Gasteiger partial charge in [-0.3, -0.25) is 0 Å². The van der Waals surface area contributed by atoms with Crippen molar-refractivity contribution in [1.82, 2.24) is 0 Å². The molecule has 0 aliphatic rings. The van der Waals surface area contributed by atoms with Crippen LogP contribution in [0.3, 0.4) is 0 Å². The smallest absolute Gasteiger partial charge is 0.119 e. The van der Waals surface area contributed by atoms with Gasteiger partial charge in [-0.15, -0.1) is 11.3 Å². The van der Waals surface area contributed by atoms with Gasteiger partial charge < -0.3 is 10.5 Å². The first-order chi connectivity index (χ1) is 9.22. The minimum absolute atomic E-state index is 0.0842. The number of nitrogens with two attached hydrogens (primary N) is 1. The van der Waals surface area contributed by atoms with Gasteiger partial charge in [0.1, 0.15) is 5.75 Å². The van der Waals surface area contributed by atoms with Crippen LogP contribution in [0.5, 0.6) is 5.75 Å². The van der Waals surface area contributed by atoms with E-state index < -0.39 is 0 Å². The highest BCUT2D eigenvalue weighted by Crippen LogP contribution is 2.32. The van der Waals surface area contributed by atoms with Gasteiger partial charge in [-0.25, -0.2) is 0 Å². The van der Waals surface area contributed by atoms with Crippen LogP contribution >= 0.6 is 27.3 Å². The van der Waals surface area contributed by atoms with Gasteiger partial charge in [0.2, 0.25) is 0 Å². The van der Waals surface area contributed by atoms with E-state index in [4.69, 9.17) is 10.5 Å². The highest BCUT2D eigenvalue weighted by atomic mass is 79.9. The maximum atomic E-state index is 6.27. The number of ether oxygens (including phenoxy) is 1. The van der Waals surface area contributed by atoms with E-state index in [1.807, 2.05) is 35.7 Å². The Morgan fingerprint density at radius 2 is 2.00 bits per heavy atom. The lowest BCUT2D eigenvalue weighted by Gasteiger charge is -2.12. The Hall–Kier alpha value is -0.840. The van der Waals surface area contributed by atoms with Gasteiger partial charge in [0.05, 0.1) is 12.6 Å². The van der Waals surface area contributed by atoms with Gasteiger partial charge >= 0.3 is 0 Å². The number of rotatable bonds is 6. The molecule has 1 aromatic heterocycles. The fourth-order valence-electron chi connectivity index (χ4n) is 1.78. The van der Waals surface area contributed by atoms with Crippen LogP contribution in [0, 0.1) is 0 Å².